The predicted octanol–water partition coefficient (Wildman–Crippen LogP) is 5.62. The third-order valence-electron chi connectivity index (χ3n) is 5.17. The molecule has 5 aromatic carbocycles. The molecule has 0 aliphatic rings. The highest BCUT2D eigenvalue weighted by atomic mass is 16.5. The predicted molar refractivity (Wildman–Crippen MR) is 111 cm³/mol. The number of rotatable bonds is 4. The lowest BCUT2D eigenvalue weighted by Gasteiger charge is -2.13. The van der Waals surface area contributed by atoms with Crippen LogP contribution < -0.4 is 0 Å². The van der Waals surface area contributed by atoms with Gasteiger partial charge in [-0.2, -0.15) is 0 Å². The van der Waals surface area contributed by atoms with Gasteiger partial charge in [0.15, 0.2) is 6.61 Å². The number of hydrogen-bond acceptors (Lipinski definition) is 3. The van der Waals surface area contributed by atoms with E-state index >= 15 is 0 Å². The second-order valence-corrected chi connectivity index (χ2v) is 6.83. The quantitative estimate of drug-likeness (QED) is 0.236. The van der Waals surface area contributed by atoms with Gasteiger partial charge in [-0.25, -0.2) is 4.79 Å². The van der Waals surface area contributed by atoms with Gasteiger partial charge in [0.2, 0.25) is 5.78 Å². The molecule has 5 rings (SSSR count). The van der Waals surface area contributed by atoms with Gasteiger partial charge in [0.25, 0.3) is 0 Å². The maximum absolute atomic E-state index is 12.8. The zero-order valence-corrected chi connectivity index (χ0v) is 15.0. The zero-order valence-electron chi connectivity index (χ0n) is 15.0. The standard InChI is InChI=1S/C25H16O3/c26-22(15-28-25(27)19-5-2-1-3-6-19)20-13-11-18-10-9-16-7-4-8-17-12-14-21(20)24(18)23(16)17/h1-14H,15H2. The van der Waals surface area contributed by atoms with E-state index in [4.69, 9.17) is 4.74 Å². The van der Waals surface area contributed by atoms with Gasteiger partial charge in [-0.1, -0.05) is 72.8 Å². The summed E-state index contributed by atoms with van der Waals surface area (Å²) in [5.74, 6) is -0.700. The Morgan fingerprint density at radius 3 is 2.04 bits per heavy atom. The Bertz CT molecular complexity index is 1320. The number of ketones is 1. The largest absolute Gasteiger partial charge is 0.454 e. The summed E-state index contributed by atoms with van der Waals surface area (Å²) >= 11 is 0. The van der Waals surface area contributed by atoms with Crippen molar-refractivity contribution in [2.45, 2.75) is 0 Å². The van der Waals surface area contributed by atoms with Crippen molar-refractivity contribution in [2.24, 2.45) is 0 Å². The Morgan fingerprint density at radius 2 is 1.29 bits per heavy atom. The number of benzene rings is 5. The van der Waals surface area contributed by atoms with Crippen LogP contribution in [-0.4, -0.2) is 18.4 Å². The normalized spacial score (nSPS) is 11.3. The molecule has 0 radical (unpaired) electrons. The molecule has 0 aliphatic carbocycles. The fraction of sp³-hybridized carbons (Fsp3) is 0.0400. The monoisotopic (exact) mass is 364 g/mol. The minimum absolute atomic E-state index is 0.206. The molecule has 0 N–H and O–H groups in total. The van der Waals surface area contributed by atoms with E-state index in [0.29, 0.717) is 11.1 Å². The number of carbonyl (C=O) groups is 2. The van der Waals surface area contributed by atoms with E-state index in [1.54, 1.807) is 24.3 Å². The van der Waals surface area contributed by atoms with E-state index in [1.165, 1.54) is 0 Å². The minimum Gasteiger partial charge on any atom is -0.454 e. The molecule has 0 bridgehead atoms. The van der Waals surface area contributed by atoms with Gasteiger partial charge in [-0.15, -0.1) is 0 Å². The molecule has 5 aromatic rings. The summed E-state index contributed by atoms with van der Waals surface area (Å²) in [7, 11) is 0. The van der Waals surface area contributed by atoms with Crippen molar-refractivity contribution in [1.82, 2.24) is 0 Å². The van der Waals surface area contributed by atoms with Crippen molar-refractivity contribution in [2.75, 3.05) is 6.61 Å². The molecule has 0 saturated heterocycles. The topological polar surface area (TPSA) is 43.4 Å². The molecule has 0 amide bonds. The van der Waals surface area contributed by atoms with Crippen molar-refractivity contribution in [3.63, 3.8) is 0 Å². The van der Waals surface area contributed by atoms with E-state index in [-0.39, 0.29) is 12.4 Å². The Morgan fingerprint density at radius 1 is 0.643 bits per heavy atom. The molecule has 3 nitrogen and oxygen atoms in total. The third kappa shape index (κ3) is 2.60. The smallest absolute Gasteiger partial charge is 0.338 e. The van der Waals surface area contributed by atoms with Crippen molar-refractivity contribution >= 4 is 44.1 Å². The highest BCUT2D eigenvalue weighted by Gasteiger charge is 2.17. The first-order valence-corrected chi connectivity index (χ1v) is 9.14. The molecule has 3 heteroatoms. The SMILES string of the molecule is O=C(OCC(=O)c1ccc2ccc3cccc4ccc1c2c34)c1ccccc1. The average Bonchev–Trinajstić information content (AvgIpc) is 2.76. The van der Waals surface area contributed by atoms with Crippen molar-refractivity contribution < 1.29 is 14.3 Å². The van der Waals surface area contributed by atoms with Crippen LogP contribution in [0.5, 0.6) is 0 Å². The average molecular weight is 364 g/mol. The van der Waals surface area contributed by atoms with Gasteiger partial charge in [0.1, 0.15) is 0 Å². The van der Waals surface area contributed by atoms with Crippen molar-refractivity contribution in [3.8, 4) is 0 Å². The molecule has 28 heavy (non-hydrogen) atoms. The molecular formula is C25H16O3. The van der Waals surface area contributed by atoms with Crippen LogP contribution >= 0.6 is 0 Å². The maximum Gasteiger partial charge on any atom is 0.338 e. The molecular weight excluding hydrogens is 348 g/mol. The van der Waals surface area contributed by atoms with Crippen LogP contribution in [0.15, 0.2) is 84.9 Å². The second kappa shape index (κ2) is 6.46. The Labute approximate surface area is 161 Å². The van der Waals surface area contributed by atoms with Crippen molar-refractivity contribution in [1.29, 1.82) is 0 Å². The minimum atomic E-state index is -0.494. The Kier molecular flexibility index (Phi) is 3.80. The first-order chi connectivity index (χ1) is 13.7. The lowest BCUT2D eigenvalue weighted by atomic mass is 9.91. The van der Waals surface area contributed by atoms with Crippen LogP contribution in [0.25, 0.3) is 32.3 Å². The number of Topliss-reactive ketones (excluding diaryl/α,β-unsaturated/α-hetero) is 1. The summed E-state index contributed by atoms with van der Waals surface area (Å²) in [6.45, 7) is -0.280. The van der Waals surface area contributed by atoms with Crippen LogP contribution in [0.3, 0.4) is 0 Å². The van der Waals surface area contributed by atoms with Gasteiger partial charge < -0.3 is 4.74 Å². The number of carbonyl (C=O) groups excluding carboxylic acids is 2. The summed E-state index contributed by atoms with van der Waals surface area (Å²) in [5, 5.41) is 6.52. The summed E-state index contributed by atoms with van der Waals surface area (Å²) < 4.78 is 5.25. The molecule has 134 valence electrons. The lowest BCUT2D eigenvalue weighted by molar-refractivity contribution is 0.0475. The molecule has 0 saturated carbocycles. The maximum atomic E-state index is 12.8. The zero-order chi connectivity index (χ0) is 19.1. The Balaban J connectivity index is 1.53. The van der Waals surface area contributed by atoms with Gasteiger partial charge >= 0.3 is 5.97 Å². The first-order valence-electron chi connectivity index (χ1n) is 9.14. The summed E-state index contributed by atoms with van der Waals surface area (Å²) in [6.07, 6.45) is 0. The van der Waals surface area contributed by atoms with E-state index in [2.05, 4.69) is 24.3 Å². The Hall–Kier alpha value is -3.72. The number of hydrogen-bond donors (Lipinski definition) is 0. The summed E-state index contributed by atoms with van der Waals surface area (Å²) in [6, 6.07) is 26.9. The van der Waals surface area contributed by atoms with E-state index in [1.807, 2.05) is 36.4 Å². The number of ether oxygens (including phenoxy) is 1. The van der Waals surface area contributed by atoms with Crippen LogP contribution in [0.4, 0.5) is 0 Å². The lowest BCUT2D eigenvalue weighted by Crippen LogP contribution is -2.14. The molecule has 0 atom stereocenters. The van der Waals surface area contributed by atoms with Crippen LogP contribution in [-0.2, 0) is 4.74 Å². The van der Waals surface area contributed by atoms with Gasteiger partial charge in [-0.3, -0.25) is 4.79 Å². The number of esters is 1. The first kappa shape index (κ1) is 16.5. The molecule has 0 fully saturated rings. The van der Waals surface area contributed by atoms with E-state index in [0.717, 1.165) is 32.3 Å². The van der Waals surface area contributed by atoms with Crippen molar-refractivity contribution in [3.05, 3.63) is 96.1 Å². The van der Waals surface area contributed by atoms with Gasteiger partial charge in [0.05, 0.1) is 5.56 Å². The molecule has 0 unspecified atom stereocenters. The van der Waals surface area contributed by atoms with Crippen LogP contribution in [0, 0.1) is 0 Å². The summed E-state index contributed by atoms with van der Waals surface area (Å²) in [4.78, 5) is 25.0. The molecule has 0 aromatic heterocycles. The fourth-order valence-electron chi connectivity index (χ4n) is 3.84. The summed E-state index contributed by atoms with van der Waals surface area (Å²) in [5.41, 5.74) is 1.01. The third-order valence-corrected chi connectivity index (χ3v) is 5.17. The fourth-order valence-corrected chi connectivity index (χ4v) is 3.84. The highest BCUT2D eigenvalue weighted by molar-refractivity contribution is 6.26. The van der Waals surface area contributed by atoms with Gasteiger partial charge in [-0.05, 0) is 44.5 Å². The van der Waals surface area contributed by atoms with Crippen LogP contribution in [0.2, 0.25) is 0 Å². The molecule has 0 aliphatic heterocycles. The molecule has 0 heterocycles. The van der Waals surface area contributed by atoms with E-state index < -0.39 is 5.97 Å². The molecule has 0 spiro atoms. The highest BCUT2D eigenvalue weighted by Crippen LogP contribution is 2.36. The van der Waals surface area contributed by atoms with Crippen LogP contribution in [0.1, 0.15) is 20.7 Å². The van der Waals surface area contributed by atoms with E-state index in [9.17, 15) is 9.59 Å². The second-order valence-electron chi connectivity index (χ2n) is 6.83. The van der Waals surface area contributed by atoms with Gasteiger partial charge in [0, 0.05) is 5.56 Å².